The highest BCUT2D eigenvalue weighted by Crippen LogP contribution is 2.34. The number of amides is 1. The number of nitrogens with zero attached hydrogens (tertiary/aromatic N) is 8. The summed E-state index contributed by atoms with van der Waals surface area (Å²) >= 11 is 0. The number of likely N-dealkylation sites (N-methyl/N-ethyl adjacent to an activating group) is 2. The Labute approximate surface area is 434 Å². The number of benzene rings is 4. The van der Waals surface area contributed by atoms with Crippen LogP contribution < -0.4 is 41.5 Å². The smallest absolute Gasteiger partial charge is 0.373 e. The molecule has 0 aliphatic rings. The fourth-order valence-corrected chi connectivity index (χ4v) is 6.76. The minimum Gasteiger partial charge on any atom is -0.464 e. The number of aromatic nitrogens is 6. The summed E-state index contributed by atoms with van der Waals surface area (Å²) in [4.78, 5) is 33.3. The molecule has 4 aromatic carbocycles. The van der Waals surface area contributed by atoms with Gasteiger partial charge in [0.15, 0.2) is 61.8 Å². The summed E-state index contributed by atoms with van der Waals surface area (Å²) in [5.41, 5.74) is 23.8. The van der Waals surface area contributed by atoms with E-state index in [1.54, 1.807) is 73.5 Å². The van der Waals surface area contributed by atoms with E-state index >= 15 is 0 Å². The van der Waals surface area contributed by atoms with Gasteiger partial charge in [0.1, 0.15) is 11.4 Å². The van der Waals surface area contributed by atoms with Crippen LogP contribution in [0, 0.1) is 6.92 Å². The van der Waals surface area contributed by atoms with Crippen molar-refractivity contribution in [3.63, 3.8) is 0 Å². The minimum atomic E-state index is -0.121. The zero-order valence-electron chi connectivity index (χ0n) is 43.9. The number of methoxy groups -OCH3 is 4. The van der Waals surface area contributed by atoms with E-state index in [2.05, 4.69) is 63.4 Å². The first-order valence-electron chi connectivity index (χ1n) is 23.7. The van der Waals surface area contributed by atoms with E-state index in [4.69, 9.17) is 64.7 Å². The van der Waals surface area contributed by atoms with Gasteiger partial charge in [-0.2, -0.15) is 19.0 Å². The topological polar surface area (TPSA) is 283 Å². The molecule has 0 saturated heterocycles. The van der Waals surface area contributed by atoms with E-state index in [0.717, 1.165) is 62.5 Å². The van der Waals surface area contributed by atoms with Gasteiger partial charge in [0.2, 0.25) is 0 Å². The van der Waals surface area contributed by atoms with Gasteiger partial charge < -0.3 is 70.2 Å². The second-order valence-corrected chi connectivity index (χ2v) is 15.6. The van der Waals surface area contributed by atoms with Crippen LogP contribution in [0.15, 0.2) is 84.9 Å². The number of rotatable bonds is 26. The van der Waals surface area contributed by atoms with Crippen molar-refractivity contribution in [3.8, 4) is 56.9 Å². The van der Waals surface area contributed by atoms with E-state index in [0.29, 0.717) is 69.5 Å². The largest absolute Gasteiger partial charge is 0.464 e. The maximum Gasteiger partial charge on any atom is 0.373 e. The van der Waals surface area contributed by atoms with E-state index in [-0.39, 0.29) is 40.7 Å². The summed E-state index contributed by atoms with van der Waals surface area (Å²) in [5, 5.41) is 19.8. The standard InChI is InChI=1S/C25H34N6O5.C19H22N4O4.C6H16N2.CO2.H2/c1-5-30(6-2)14-13-27-25(32)19-9-7-18(8-10-19)23-24(26)31(29-28-23)20-11-12-21(35-16-33-3)22(15-20)36-17-34-4;1-13-4-6-14(7-5-13)18-19(20)23(22-21-18)15-8-9-16(26-11-24-2)17(10-15)27-12-25-3;1-3-8(4-2)6-5-7;2-1-3;/h7-12,15H,5-6,13-14,16-17,26H2,1-4H3,(H,27,32);4-10H,11-12,20H2,1-3H3;3-7H2,1-2H3;;1H. The van der Waals surface area contributed by atoms with Crippen LogP contribution in [0.2, 0.25) is 0 Å². The van der Waals surface area contributed by atoms with Gasteiger partial charge in [-0.15, -0.1) is 10.2 Å². The third-order valence-corrected chi connectivity index (χ3v) is 10.8. The highest BCUT2D eigenvalue weighted by atomic mass is 16.7. The van der Waals surface area contributed by atoms with Gasteiger partial charge in [0, 0.05) is 84.9 Å². The molecule has 23 nitrogen and oxygen atoms in total. The van der Waals surface area contributed by atoms with Gasteiger partial charge in [0.05, 0.1) is 11.4 Å². The number of carbonyl (C=O) groups excluding carboxylic acids is 3. The number of nitrogens with one attached hydrogen (secondary N) is 1. The lowest BCUT2D eigenvalue weighted by molar-refractivity contribution is -0.191. The van der Waals surface area contributed by atoms with Crippen molar-refractivity contribution in [1.82, 2.24) is 45.1 Å². The molecule has 0 saturated carbocycles. The van der Waals surface area contributed by atoms with Crippen LogP contribution in [-0.4, -0.2) is 160 Å². The summed E-state index contributed by atoms with van der Waals surface area (Å²) < 4.78 is 45.2. The molecule has 0 spiro atoms. The van der Waals surface area contributed by atoms with Gasteiger partial charge in [0.25, 0.3) is 5.91 Å². The molecule has 0 radical (unpaired) electrons. The SMILES string of the molecule is CCN(CC)CCN.CCN(CC)CCNC(=O)c1ccc(-c2nnn(-c3ccc(OCOC)c(OCOC)c3)c2N)cc1.COCOc1ccc(-n2nnc(-c3ccc(C)cc3)c2N)cc1OCOC.O=C=O.[HH]. The van der Waals surface area contributed by atoms with Gasteiger partial charge in [-0.05, 0) is 69.5 Å². The predicted molar refractivity (Wildman–Crippen MR) is 281 cm³/mol. The van der Waals surface area contributed by atoms with Crippen molar-refractivity contribution >= 4 is 23.7 Å². The van der Waals surface area contributed by atoms with Gasteiger partial charge in [-0.1, -0.05) is 80.1 Å². The molecule has 404 valence electrons. The number of hydrogen-bond donors (Lipinski definition) is 4. The molecule has 0 bridgehead atoms. The highest BCUT2D eigenvalue weighted by Gasteiger charge is 2.18. The number of nitrogens with two attached hydrogens (primary N) is 3. The fraction of sp³-hybridized carbons (Fsp3) is 0.412. The number of carbonyl (C=O) groups is 1. The highest BCUT2D eigenvalue weighted by molar-refractivity contribution is 5.94. The fourth-order valence-electron chi connectivity index (χ4n) is 6.76. The predicted octanol–water partition coefficient (Wildman–Crippen LogP) is 5.29. The number of anilines is 2. The first-order valence-corrected chi connectivity index (χ1v) is 23.7. The molecule has 23 heteroatoms. The Kier molecular flexibility index (Phi) is 28.0. The molecule has 74 heavy (non-hydrogen) atoms. The molecule has 0 aliphatic carbocycles. The number of ether oxygens (including phenoxy) is 8. The van der Waals surface area contributed by atoms with Crippen molar-refractivity contribution in [3.05, 3.63) is 96.1 Å². The summed E-state index contributed by atoms with van der Waals surface area (Å²) in [7, 11) is 6.16. The first-order chi connectivity index (χ1) is 35.9. The zero-order valence-corrected chi connectivity index (χ0v) is 43.9. The Hall–Kier alpha value is -7.47. The lowest BCUT2D eigenvalue weighted by Gasteiger charge is -2.17. The lowest BCUT2D eigenvalue weighted by Crippen LogP contribution is -2.34. The van der Waals surface area contributed by atoms with Crippen molar-refractivity contribution < 1.29 is 53.7 Å². The molecular formula is C51H74N12O11. The molecule has 0 unspecified atom stereocenters. The van der Waals surface area contributed by atoms with Crippen LogP contribution in [0.5, 0.6) is 23.0 Å². The molecule has 2 aromatic heterocycles. The molecule has 7 N–H and O–H groups in total. The van der Waals surface area contributed by atoms with Crippen LogP contribution in [0.25, 0.3) is 33.9 Å². The molecule has 6 aromatic rings. The van der Waals surface area contributed by atoms with Gasteiger partial charge in [-0.25, -0.2) is 0 Å². The number of nitrogen functional groups attached to an aromatic ring is 2. The van der Waals surface area contributed by atoms with E-state index in [1.807, 2.05) is 37.3 Å². The first kappa shape index (κ1) is 60.8. The molecule has 2 heterocycles. The maximum absolute atomic E-state index is 12.5. The Morgan fingerprint density at radius 1 is 0.595 bits per heavy atom. The molecule has 0 aliphatic heterocycles. The van der Waals surface area contributed by atoms with Crippen LogP contribution in [0.3, 0.4) is 0 Å². The monoisotopic (exact) mass is 1030 g/mol. The lowest BCUT2D eigenvalue weighted by atomic mass is 10.1. The minimum absolute atomic E-state index is 0. The molecular weight excluding hydrogens is 957 g/mol. The van der Waals surface area contributed by atoms with E-state index in [1.165, 1.54) is 18.9 Å². The van der Waals surface area contributed by atoms with E-state index < -0.39 is 0 Å². The summed E-state index contributed by atoms with van der Waals surface area (Å²) in [6, 6.07) is 25.6. The maximum atomic E-state index is 12.5. The van der Waals surface area contributed by atoms with Crippen LogP contribution in [-0.2, 0) is 28.5 Å². The Morgan fingerprint density at radius 2 is 0.973 bits per heavy atom. The van der Waals surface area contributed by atoms with Crippen LogP contribution in [0.1, 0.15) is 45.0 Å². The second-order valence-electron chi connectivity index (χ2n) is 15.6. The summed E-state index contributed by atoms with van der Waals surface area (Å²) in [6.07, 6.45) is 0.250. The quantitative estimate of drug-likeness (QED) is 0.0502. The van der Waals surface area contributed by atoms with Crippen LogP contribution >= 0.6 is 0 Å². The van der Waals surface area contributed by atoms with Gasteiger partial charge in [-0.3, -0.25) is 4.79 Å². The number of hydrogen-bond acceptors (Lipinski definition) is 20. The Balaban J connectivity index is 0.000000433. The second kappa shape index (κ2) is 34.0. The summed E-state index contributed by atoms with van der Waals surface area (Å²) in [5.74, 6) is 2.59. The third kappa shape index (κ3) is 18.9. The molecule has 0 fully saturated rings. The number of aryl methyl sites for hydroxylation is 1. The zero-order chi connectivity index (χ0) is 54.3. The van der Waals surface area contributed by atoms with E-state index in [9.17, 15) is 4.79 Å². The molecule has 0 atom stereocenters. The molecule has 6 rings (SSSR count). The van der Waals surface area contributed by atoms with Crippen molar-refractivity contribution in [2.45, 2.75) is 34.6 Å². The van der Waals surface area contributed by atoms with Crippen molar-refractivity contribution in [2.75, 3.05) is 119 Å². The normalized spacial score (nSPS) is 10.5. The van der Waals surface area contributed by atoms with Crippen molar-refractivity contribution in [2.24, 2.45) is 5.73 Å². The molecule has 1 amide bonds. The Morgan fingerprint density at radius 3 is 1.34 bits per heavy atom. The summed E-state index contributed by atoms with van der Waals surface area (Å²) in [6.45, 7) is 18.2. The third-order valence-electron chi connectivity index (χ3n) is 10.8. The van der Waals surface area contributed by atoms with Crippen LogP contribution in [0.4, 0.5) is 11.6 Å². The van der Waals surface area contributed by atoms with Crippen molar-refractivity contribution in [1.29, 1.82) is 0 Å². The average Bonchev–Trinajstić information content (AvgIpc) is 4.01. The Bertz CT molecular complexity index is 2570. The average molecular weight is 1030 g/mol. The van der Waals surface area contributed by atoms with Gasteiger partial charge >= 0.3 is 6.15 Å².